The number of aromatic nitrogens is 3. The second-order valence-corrected chi connectivity index (χ2v) is 6.22. The highest BCUT2D eigenvalue weighted by Gasteiger charge is 2.20. The normalized spacial score (nSPS) is 12.2. The van der Waals surface area contributed by atoms with Gasteiger partial charge in [0.15, 0.2) is 0 Å². The van der Waals surface area contributed by atoms with Crippen LogP contribution in [0.1, 0.15) is 36.2 Å². The zero-order chi connectivity index (χ0) is 17.7. The van der Waals surface area contributed by atoms with Crippen molar-refractivity contribution in [1.29, 1.82) is 0 Å². The molecule has 128 valence electrons. The lowest BCUT2D eigenvalue weighted by Crippen LogP contribution is -2.33. The van der Waals surface area contributed by atoms with Gasteiger partial charge in [0.2, 0.25) is 0 Å². The van der Waals surface area contributed by atoms with Crippen LogP contribution in [0.5, 0.6) is 0 Å². The van der Waals surface area contributed by atoms with E-state index < -0.39 is 11.9 Å². The SMILES string of the molecule is Cc1cc(C(=O)NCC(CC(C)C)C(=O)O)ccc1-n1cncn1. The first-order chi connectivity index (χ1) is 11.4. The van der Waals surface area contributed by atoms with E-state index in [0.29, 0.717) is 12.0 Å². The van der Waals surface area contributed by atoms with Crippen molar-refractivity contribution in [2.24, 2.45) is 11.8 Å². The van der Waals surface area contributed by atoms with Gasteiger partial charge in [0, 0.05) is 12.1 Å². The molecule has 1 amide bonds. The highest BCUT2D eigenvalue weighted by molar-refractivity contribution is 5.94. The Morgan fingerprint density at radius 3 is 2.62 bits per heavy atom. The molecule has 0 saturated heterocycles. The number of hydrogen-bond donors (Lipinski definition) is 2. The number of aryl methyl sites for hydroxylation is 1. The Morgan fingerprint density at radius 2 is 2.08 bits per heavy atom. The number of rotatable bonds is 7. The third kappa shape index (κ3) is 4.41. The van der Waals surface area contributed by atoms with E-state index >= 15 is 0 Å². The molecule has 1 heterocycles. The van der Waals surface area contributed by atoms with Gasteiger partial charge < -0.3 is 10.4 Å². The smallest absolute Gasteiger partial charge is 0.308 e. The van der Waals surface area contributed by atoms with Crippen molar-refractivity contribution in [3.63, 3.8) is 0 Å². The summed E-state index contributed by atoms with van der Waals surface area (Å²) in [5, 5.41) is 16.0. The summed E-state index contributed by atoms with van der Waals surface area (Å²) in [5.74, 6) is -1.49. The summed E-state index contributed by atoms with van der Waals surface area (Å²) in [4.78, 5) is 27.4. The van der Waals surface area contributed by atoms with Crippen molar-refractivity contribution in [2.45, 2.75) is 27.2 Å². The summed E-state index contributed by atoms with van der Waals surface area (Å²) >= 11 is 0. The fourth-order valence-electron chi connectivity index (χ4n) is 2.54. The summed E-state index contributed by atoms with van der Waals surface area (Å²) in [6.45, 7) is 5.93. The lowest BCUT2D eigenvalue weighted by atomic mass is 9.97. The van der Waals surface area contributed by atoms with Crippen LogP contribution in [0.15, 0.2) is 30.9 Å². The van der Waals surface area contributed by atoms with E-state index in [2.05, 4.69) is 15.4 Å². The summed E-state index contributed by atoms with van der Waals surface area (Å²) in [6, 6.07) is 5.24. The molecule has 2 aromatic rings. The number of carboxylic acids is 1. The van der Waals surface area contributed by atoms with Crippen LogP contribution in [0.3, 0.4) is 0 Å². The van der Waals surface area contributed by atoms with Crippen LogP contribution in [0.25, 0.3) is 5.69 Å². The molecule has 0 aliphatic rings. The van der Waals surface area contributed by atoms with E-state index in [1.807, 2.05) is 20.8 Å². The number of nitrogens with zero attached hydrogens (tertiary/aromatic N) is 3. The number of carboxylic acid groups (broad SMARTS) is 1. The number of carbonyl (C=O) groups excluding carboxylic acids is 1. The molecule has 1 atom stereocenters. The van der Waals surface area contributed by atoms with Gasteiger partial charge in [-0.3, -0.25) is 9.59 Å². The minimum atomic E-state index is -0.887. The highest BCUT2D eigenvalue weighted by atomic mass is 16.4. The van der Waals surface area contributed by atoms with Gasteiger partial charge in [0.05, 0.1) is 11.6 Å². The van der Waals surface area contributed by atoms with Crippen LogP contribution in [0.2, 0.25) is 0 Å². The molecule has 0 spiro atoms. The maximum atomic E-state index is 12.3. The van der Waals surface area contributed by atoms with E-state index in [1.54, 1.807) is 29.2 Å². The Labute approximate surface area is 140 Å². The quantitative estimate of drug-likeness (QED) is 0.810. The standard InChI is InChI=1S/C17H22N4O3/c1-11(2)6-14(17(23)24)8-19-16(22)13-4-5-15(12(3)7-13)21-10-18-9-20-21/h4-5,7,9-11,14H,6,8H2,1-3H3,(H,19,22)(H,23,24). The van der Waals surface area contributed by atoms with Crippen LogP contribution in [0, 0.1) is 18.8 Å². The molecule has 0 radical (unpaired) electrons. The van der Waals surface area contributed by atoms with Crippen molar-refractivity contribution in [1.82, 2.24) is 20.1 Å². The van der Waals surface area contributed by atoms with Gasteiger partial charge in [-0.15, -0.1) is 0 Å². The number of nitrogens with one attached hydrogen (secondary N) is 1. The minimum absolute atomic E-state index is 0.121. The van der Waals surface area contributed by atoms with Gasteiger partial charge in [-0.05, 0) is 43.0 Å². The van der Waals surface area contributed by atoms with Gasteiger partial charge in [-0.1, -0.05) is 13.8 Å². The van der Waals surface area contributed by atoms with Crippen LogP contribution in [-0.2, 0) is 4.79 Å². The zero-order valence-corrected chi connectivity index (χ0v) is 14.1. The van der Waals surface area contributed by atoms with Gasteiger partial charge in [-0.25, -0.2) is 9.67 Å². The first kappa shape index (κ1) is 17.7. The van der Waals surface area contributed by atoms with Crippen LogP contribution in [0.4, 0.5) is 0 Å². The molecule has 2 N–H and O–H groups in total. The summed E-state index contributed by atoms with van der Waals surface area (Å²) in [5.41, 5.74) is 2.21. The van der Waals surface area contributed by atoms with Crippen molar-refractivity contribution in [2.75, 3.05) is 6.54 Å². The fourth-order valence-corrected chi connectivity index (χ4v) is 2.54. The van der Waals surface area contributed by atoms with Crippen LogP contribution < -0.4 is 5.32 Å². The Kier molecular flexibility index (Phi) is 5.68. The van der Waals surface area contributed by atoms with E-state index in [4.69, 9.17) is 0 Å². The summed E-state index contributed by atoms with van der Waals surface area (Å²) < 4.78 is 1.63. The molecule has 0 fully saturated rings. The molecule has 7 heteroatoms. The van der Waals surface area contributed by atoms with E-state index in [-0.39, 0.29) is 18.4 Å². The molecule has 1 aromatic carbocycles. The molecule has 7 nitrogen and oxygen atoms in total. The lowest BCUT2D eigenvalue weighted by Gasteiger charge is -2.15. The van der Waals surface area contributed by atoms with Crippen molar-refractivity contribution in [3.8, 4) is 5.69 Å². The highest BCUT2D eigenvalue weighted by Crippen LogP contribution is 2.15. The van der Waals surface area contributed by atoms with Gasteiger partial charge in [-0.2, -0.15) is 5.10 Å². The predicted molar refractivity (Wildman–Crippen MR) is 89.0 cm³/mol. The van der Waals surface area contributed by atoms with Gasteiger partial charge in [0.25, 0.3) is 5.91 Å². The number of amides is 1. The second-order valence-electron chi connectivity index (χ2n) is 6.22. The Morgan fingerprint density at radius 1 is 1.33 bits per heavy atom. The summed E-state index contributed by atoms with van der Waals surface area (Å²) in [6.07, 6.45) is 3.56. The Balaban J connectivity index is 2.05. The monoisotopic (exact) mass is 330 g/mol. The molecule has 2 rings (SSSR count). The second kappa shape index (κ2) is 7.72. The van der Waals surface area contributed by atoms with Gasteiger partial charge in [0.1, 0.15) is 12.7 Å². The van der Waals surface area contributed by atoms with E-state index in [0.717, 1.165) is 11.3 Å². The van der Waals surface area contributed by atoms with E-state index in [1.165, 1.54) is 6.33 Å². The van der Waals surface area contributed by atoms with Gasteiger partial charge >= 0.3 is 5.97 Å². The molecule has 24 heavy (non-hydrogen) atoms. The topological polar surface area (TPSA) is 97.1 Å². The molecular weight excluding hydrogens is 308 g/mol. The maximum absolute atomic E-state index is 12.3. The largest absolute Gasteiger partial charge is 0.481 e. The van der Waals surface area contributed by atoms with Crippen LogP contribution >= 0.6 is 0 Å². The fraction of sp³-hybridized carbons (Fsp3) is 0.412. The third-order valence-corrected chi connectivity index (χ3v) is 3.74. The number of carbonyl (C=O) groups is 2. The first-order valence-corrected chi connectivity index (χ1v) is 7.85. The minimum Gasteiger partial charge on any atom is -0.481 e. The predicted octanol–water partition coefficient (Wildman–Crippen LogP) is 2.05. The average molecular weight is 330 g/mol. The molecule has 1 aromatic heterocycles. The maximum Gasteiger partial charge on any atom is 0.308 e. The molecule has 0 aliphatic heterocycles. The summed E-state index contributed by atoms with van der Waals surface area (Å²) in [7, 11) is 0. The van der Waals surface area contributed by atoms with Crippen molar-refractivity contribution >= 4 is 11.9 Å². The van der Waals surface area contributed by atoms with Crippen molar-refractivity contribution < 1.29 is 14.7 Å². The molecule has 0 saturated carbocycles. The molecular formula is C17H22N4O3. The molecule has 0 aliphatic carbocycles. The number of hydrogen-bond acceptors (Lipinski definition) is 4. The molecule has 1 unspecified atom stereocenters. The Bertz CT molecular complexity index is 711. The Hall–Kier alpha value is -2.70. The number of aliphatic carboxylic acids is 1. The third-order valence-electron chi connectivity index (χ3n) is 3.74. The average Bonchev–Trinajstić information content (AvgIpc) is 3.04. The van der Waals surface area contributed by atoms with Crippen LogP contribution in [-0.4, -0.2) is 38.3 Å². The first-order valence-electron chi connectivity index (χ1n) is 7.85. The lowest BCUT2D eigenvalue weighted by molar-refractivity contribution is -0.142. The zero-order valence-electron chi connectivity index (χ0n) is 14.1. The molecule has 0 bridgehead atoms. The van der Waals surface area contributed by atoms with Crippen molar-refractivity contribution in [3.05, 3.63) is 42.0 Å². The van der Waals surface area contributed by atoms with E-state index in [9.17, 15) is 14.7 Å². The number of benzene rings is 1.